The first-order valence-corrected chi connectivity index (χ1v) is 7.83. The van der Waals surface area contributed by atoms with Crippen LogP contribution in [0.25, 0.3) is 0 Å². The molecule has 0 amide bonds. The molecule has 1 aromatic carbocycles. The highest BCUT2D eigenvalue weighted by Gasteiger charge is 2.25. The Morgan fingerprint density at radius 1 is 1.16 bits per heavy atom. The summed E-state index contributed by atoms with van der Waals surface area (Å²) >= 11 is 0. The Labute approximate surface area is 117 Å². The van der Waals surface area contributed by atoms with Crippen molar-refractivity contribution in [1.29, 1.82) is 0 Å². The molecular weight excluding hydrogens is 232 g/mol. The minimum Gasteiger partial charge on any atom is -0.311 e. The lowest BCUT2D eigenvalue weighted by molar-refractivity contribution is 0.181. The van der Waals surface area contributed by atoms with Crippen LogP contribution in [-0.4, -0.2) is 31.1 Å². The molecule has 1 aliphatic heterocycles. The second-order valence-corrected chi connectivity index (χ2v) is 6.23. The van der Waals surface area contributed by atoms with Gasteiger partial charge in [-0.05, 0) is 56.3 Å². The van der Waals surface area contributed by atoms with Gasteiger partial charge in [0.05, 0.1) is 0 Å². The van der Waals surface area contributed by atoms with Crippen molar-refractivity contribution in [3.8, 4) is 0 Å². The third-order valence-corrected chi connectivity index (χ3v) is 4.69. The summed E-state index contributed by atoms with van der Waals surface area (Å²) in [5.41, 5.74) is 3.11. The summed E-state index contributed by atoms with van der Waals surface area (Å²) < 4.78 is 0. The maximum Gasteiger partial charge on any atom is 0.0217 e. The summed E-state index contributed by atoms with van der Waals surface area (Å²) in [6.07, 6.45) is 6.91. The highest BCUT2D eigenvalue weighted by atomic mass is 15.2. The highest BCUT2D eigenvalue weighted by Crippen LogP contribution is 2.41. The lowest BCUT2D eigenvalue weighted by Crippen LogP contribution is -2.42. The smallest absolute Gasteiger partial charge is 0.0217 e. The van der Waals surface area contributed by atoms with Gasteiger partial charge in [0.2, 0.25) is 0 Å². The van der Waals surface area contributed by atoms with Crippen molar-refractivity contribution in [3.63, 3.8) is 0 Å². The van der Waals surface area contributed by atoms with Crippen LogP contribution in [0, 0.1) is 0 Å². The van der Waals surface area contributed by atoms with Gasteiger partial charge in [0.25, 0.3) is 0 Å². The molecule has 1 unspecified atom stereocenters. The SMILES string of the molecule is CN1CCCCC1CNCc1ccccc1C1CC1. The summed E-state index contributed by atoms with van der Waals surface area (Å²) in [7, 11) is 2.27. The standard InChI is InChI=1S/C17H26N2/c1-19-11-5-4-7-16(19)13-18-12-15-6-2-3-8-17(15)14-9-10-14/h2-3,6,8,14,16,18H,4-5,7,9-13H2,1H3. The highest BCUT2D eigenvalue weighted by molar-refractivity contribution is 5.33. The number of likely N-dealkylation sites (tertiary alicyclic amines) is 1. The van der Waals surface area contributed by atoms with Gasteiger partial charge in [-0.1, -0.05) is 30.7 Å². The Hall–Kier alpha value is -0.860. The van der Waals surface area contributed by atoms with Crippen LogP contribution < -0.4 is 5.32 Å². The van der Waals surface area contributed by atoms with Gasteiger partial charge in [0.15, 0.2) is 0 Å². The number of likely N-dealkylation sites (N-methyl/N-ethyl adjacent to an activating group) is 1. The van der Waals surface area contributed by atoms with E-state index in [-0.39, 0.29) is 0 Å². The van der Waals surface area contributed by atoms with Crippen LogP contribution in [0.5, 0.6) is 0 Å². The van der Waals surface area contributed by atoms with E-state index in [0.29, 0.717) is 0 Å². The normalized spacial score (nSPS) is 24.6. The summed E-state index contributed by atoms with van der Waals surface area (Å²) in [6, 6.07) is 9.72. The zero-order valence-electron chi connectivity index (χ0n) is 12.1. The first kappa shape index (κ1) is 13.1. The first-order chi connectivity index (χ1) is 9.34. The molecule has 0 radical (unpaired) electrons. The van der Waals surface area contributed by atoms with Crippen LogP contribution in [0.1, 0.15) is 49.1 Å². The van der Waals surface area contributed by atoms with Gasteiger partial charge < -0.3 is 10.2 Å². The number of hydrogen-bond acceptors (Lipinski definition) is 2. The third-order valence-electron chi connectivity index (χ3n) is 4.69. The molecule has 104 valence electrons. The van der Waals surface area contributed by atoms with Gasteiger partial charge >= 0.3 is 0 Å². The fourth-order valence-corrected chi connectivity index (χ4v) is 3.26. The number of rotatable bonds is 5. The molecule has 19 heavy (non-hydrogen) atoms. The van der Waals surface area contributed by atoms with Crippen molar-refractivity contribution < 1.29 is 0 Å². The molecule has 1 heterocycles. The quantitative estimate of drug-likeness (QED) is 0.873. The second kappa shape index (κ2) is 6.06. The van der Waals surface area contributed by atoms with Crippen molar-refractivity contribution in [2.24, 2.45) is 0 Å². The van der Waals surface area contributed by atoms with E-state index in [9.17, 15) is 0 Å². The topological polar surface area (TPSA) is 15.3 Å². The molecule has 1 atom stereocenters. The molecule has 1 saturated carbocycles. The Kier molecular flexibility index (Phi) is 4.19. The summed E-state index contributed by atoms with van der Waals surface area (Å²) in [6.45, 7) is 3.44. The van der Waals surface area contributed by atoms with Crippen molar-refractivity contribution in [1.82, 2.24) is 10.2 Å². The van der Waals surface area contributed by atoms with E-state index in [0.717, 1.165) is 25.0 Å². The van der Waals surface area contributed by atoms with Crippen molar-refractivity contribution in [2.75, 3.05) is 20.1 Å². The molecule has 1 N–H and O–H groups in total. The summed E-state index contributed by atoms with van der Waals surface area (Å²) in [5.74, 6) is 0.857. The van der Waals surface area contributed by atoms with E-state index < -0.39 is 0 Å². The minimum atomic E-state index is 0.738. The molecule has 0 aromatic heterocycles. The predicted molar refractivity (Wildman–Crippen MR) is 80.4 cm³/mol. The average Bonchev–Trinajstić information content (AvgIpc) is 3.26. The monoisotopic (exact) mass is 258 g/mol. The number of hydrogen-bond donors (Lipinski definition) is 1. The first-order valence-electron chi connectivity index (χ1n) is 7.83. The van der Waals surface area contributed by atoms with E-state index in [2.05, 4.69) is 41.5 Å². The van der Waals surface area contributed by atoms with Gasteiger partial charge in [-0.15, -0.1) is 0 Å². The molecule has 2 nitrogen and oxygen atoms in total. The van der Waals surface area contributed by atoms with E-state index in [4.69, 9.17) is 0 Å². The lowest BCUT2D eigenvalue weighted by Gasteiger charge is -2.32. The van der Waals surface area contributed by atoms with Gasteiger partial charge in [-0.3, -0.25) is 0 Å². The van der Waals surface area contributed by atoms with Crippen LogP contribution in [0.15, 0.2) is 24.3 Å². The fourth-order valence-electron chi connectivity index (χ4n) is 3.26. The van der Waals surface area contributed by atoms with Crippen LogP contribution in [-0.2, 0) is 6.54 Å². The number of benzene rings is 1. The van der Waals surface area contributed by atoms with E-state index in [1.807, 2.05) is 0 Å². The van der Waals surface area contributed by atoms with E-state index in [1.54, 1.807) is 5.56 Å². The van der Waals surface area contributed by atoms with Crippen LogP contribution in [0.3, 0.4) is 0 Å². The predicted octanol–water partition coefficient (Wildman–Crippen LogP) is 3.14. The van der Waals surface area contributed by atoms with E-state index >= 15 is 0 Å². The molecule has 3 rings (SSSR count). The second-order valence-electron chi connectivity index (χ2n) is 6.23. The zero-order chi connectivity index (χ0) is 13.1. The molecule has 0 bridgehead atoms. The lowest BCUT2D eigenvalue weighted by atomic mass is 10.0. The van der Waals surface area contributed by atoms with Crippen molar-refractivity contribution >= 4 is 0 Å². The maximum absolute atomic E-state index is 3.68. The molecule has 0 spiro atoms. The molecule has 1 saturated heterocycles. The number of piperidine rings is 1. The van der Waals surface area contributed by atoms with Gasteiger partial charge in [0.1, 0.15) is 0 Å². The van der Waals surface area contributed by atoms with Gasteiger partial charge in [0, 0.05) is 19.1 Å². The van der Waals surface area contributed by atoms with Crippen LogP contribution in [0.4, 0.5) is 0 Å². The number of nitrogens with zero attached hydrogens (tertiary/aromatic N) is 1. The largest absolute Gasteiger partial charge is 0.311 e. The van der Waals surface area contributed by atoms with Crippen LogP contribution >= 0.6 is 0 Å². The Balaban J connectivity index is 1.52. The van der Waals surface area contributed by atoms with Crippen LogP contribution in [0.2, 0.25) is 0 Å². The zero-order valence-corrected chi connectivity index (χ0v) is 12.1. The maximum atomic E-state index is 3.68. The van der Waals surface area contributed by atoms with Crippen molar-refractivity contribution in [3.05, 3.63) is 35.4 Å². The number of nitrogens with one attached hydrogen (secondary N) is 1. The Morgan fingerprint density at radius 2 is 2.00 bits per heavy atom. The Morgan fingerprint density at radius 3 is 2.79 bits per heavy atom. The van der Waals surface area contributed by atoms with Gasteiger partial charge in [-0.25, -0.2) is 0 Å². The Bertz CT molecular complexity index is 411. The average molecular weight is 258 g/mol. The minimum absolute atomic E-state index is 0.738. The summed E-state index contributed by atoms with van der Waals surface area (Å²) in [4.78, 5) is 2.52. The third kappa shape index (κ3) is 3.37. The molecule has 1 aromatic rings. The molecule has 2 fully saturated rings. The molecule has 1 aliphatic carbocycles. The van der Waals surface area contributed by atoms with Gasteiger partial charge in [-0.2, -0.15) is 0 Å². The molecule has 2 heteroatoms. The summed E-state index contributed by atoms with van der Waals surface area (Å²) in [5, 5.41) is 3.68. The van der Waals surface area contributed by atoms with Crippen molar-refractivity contribution in [2.45, 2.75) is 50.6 Å². The molecule has 2 aliphatic rings. The fraction of sp³-hybridized carbons (Fsp3) is 0.647. The van der Waals surface area contributed by atoms with E-state index in [1.165, 1.54) is 44.2 Å². The molecular formula is C17H26N2.